The van der Waals surface area contributed by atoms with Gasteiger partial charge in [-0.05, 0) is 19.0 Å². The van der Waals surface area contributed by atoms with E-state index in [-0.39, 0.29) is 11.8 Å². The number of nitrogens with two attached hydrogens (primary N) is 2. The van der Waals surface area contributed by atoms with Gasteiger partial charge < -0.3 is 16.2 Å². The minimum atomic E-state index is -0.393. The predicted molar refractivity (Wildman–Crippen MR) is 53.6 cm³/mol. The van der Waals surface area contributed by atoms with Crippen molar-refractivity contribution in [3.05, 3.63) is 29.6 Å². The molecule has 0 bridgehead atoms. The van der Waals surface area contributed by atoms with Gasteiger partial charge >= 0.3 is 0 Å². The molecule has 14 heavy (non-hydrogen) atoms. The molecule has 0 heterocycles. The van der Waals surface area contributed by atoms with E-state index in [0.717, 1.165) is 0 Å². The van der Waals surface area contributed by atoms with Gasteiger partial charge in [0.15, 0.2) is 11.6 Å². The summed E-state index contributed by atoms with van der Waals surface area (Å²) in [5.41, 5.74) is 11.6. The molecule has 0 amide bonds. The number of benzene rings is 1. The first-order chi connectivity index (χ1) is 6.70. The lowest BCUT2D eigenvalue weighted by Crippen LogP contribution is -2.16. The molecule has 3 nitrogen and oxygen atoms in total. The number of hydrogen-bond acceptors (Lipinski definition) is 3. The molecule has 0 saturated carbocycles. The maximum atomic E-state index is 13.6. The first-order valence-corrected chi connectivity index (χ1v) is 4.48. The topological polar surface area (TPSA) is 61.3 Å². The molecule has 4 N–H and O–H groups in total. The fraction of sp³-hybridized carbons (Fsp3) is 0.400. The van der Waals surface area contributed by atoms with Crippen molar-refractivity contribution in [2.24, 2.45) is 11.5 Å². The van der Waals surface area contributed by atoms with E-state index >= 15 is 0 Å². The molecular formula is C10H15FN2O. The van der Waals surface area contributed by atoms with E-state index in [9.17, 15) is 4.39 Å². The van der Waals surface area contributed by atoms with Gasteiger partial charge in [-0.1, -0.05) is 12.1 Å². The minimum Gasteiger partial charge on any atom is -0.494 e. The van der Waals surface area contributed by atoms with Crippen molar-refractivity contribution in [1.29, 1.82) is 0 Å². The Morgan fingerprint density at radius 2 is 2.21 bits per heavy atom. The van der Waals surface area contributed by atoms with E-state index in [1.54, 1.807) is 18.2 Å². The van der Waals surface area contributed by atoms with Crippen LogP contribution < -0.4 is 16.2 Å². The summed E-state index contributed by atoms with van der Waals surface area (Å²) in [6.45, 7) is 0.442. The van der Waals surface area contributed by atoms with Crippen LogP contribution in [0.5, 0.6) is 5.75 Å². The Labute approximate surface area is 82.9 Å². The molecule has 0 aliphatic rings. The highest BCUT2D eigenvalue weighted by Crippen LogP contribution is 2.24. The number of methoxy groups -OCH3 is 1. The highest BCUT2D eigenvalue weighted by Gasteiger charge is 2.13. The van der Waals surface area contributed by atoms with Crippen molar-refractivity contribution in [2.45, 2.75) is 12.5 Å². The molecule has 0 radical (unpaired) electrons. The van der Waals surface area contributed by atoms with Crippen LogP contribution in [-0.2, 0) is 0 Å². The predicted octanol–water partition coefficient (Wildman–Crippen LogP) is 1.18. The molecule has 4 heteroatoms. The number of hydrogen-bond donors (Lipinski definition) is 2. The van der Waals surface area contributed by atoms with Crippen LogP contribution in [0.25, 0.3) is 0 Å². The largest absolute Gasteiger partial charge is 0.494 e. The molecule has 1 aromatic carbocycles. The summed E-state index contributed by atoms with van der Waals surface area (Å²) in [4.78, 5) is 0. The summed E-state index contributed by atoms with van der Waals surface area (Å²) < 4.78 is 18.5. The highest BCUT2D eigenvalue weighted by atomic mass is 19.1. The fourth-order valence-corrected chi connectivity index (χ4v) is 1.31. The van der Waals surface area contributed by atoms with Crippen molar-refractivity contribution >= 4 is 0 Å². The molecule has 0 saturated heterocycles. The Bertz CT molecular complexity index is 304. The zero-order chi connectivity index (χ0) is 10.6. The van der Waals surface area contributed by atoms with Crippen molar-refractivity contribution in [3.8, 4) is 5.75 Å². The zero-order valence-corrected chi connectivity index (χ0v) is 8.16. The van der Waals surface area contributed by atoms with E-state index < -0.39 is 5.82 Å². The molecule has 0 aliphatic heterocycles. The van der Waals surface area contributed by atoms with Crippen LogP contribution in [0.1, 0.15) is 18.0 Å². The van der Waals surface area contributed by atoms with Gasteiger partial charge in [0.1, 0.15) is 0 Å². The van der Waals surface area contributed by atoms with Gasteiger partial charge in [0.2, 0.25) is 0 Å². The van der Waals surface area contributed by atoms with Crippen LogP contribution in [0.15, 0.2) is 18.2 Å². The summed E-state index contributed by atoms with van der Waals surface area (Å²) >= 11 is 0. The van der Waals surface area contributed by atoms with Gasteiger partial charge in [0.05, 0.1) is 7.11 Å². The Balaban J connectivity index is 2.96. The third-order valence-electron chi connectivity index (χ3n) is 2.09. The van der Waals surface area contributed by atoms with Gasteiger partial charge in [-0.25, -0.2) is 4.39 Å². The lowest BCUT2D eigenvalue weighted by atomic mass is 10.0. The van der Waals surface area contributed by atoms with Gasteiger partial charge in [-0.2, -0.15) is 0 Å². The van der Waals surface area contributed by atoms with Crippen LogP contribution in [0.2, 0.25) is 0 Å². The molecule has 1 atom stereocenters. The Morgan fingerprint density at radius 3 is 2.79 bits per heavy atom. The second kappa shape index (κ2) is 4.93. The third kappa shape index (κ3) is 2.21. The summed E-state index contributed by atoms with van der Waals surface area (Å²) in [5, 5.41) is 0. The normalized spacial score (nSPS) is 12.6. The van der Waals surface area contributed by atoms with Crippen LogP contribution in [-0.4, -0.2) is 13.7 Å². The highest BCUT2D eigenvalue weighted by molar-refractivity contribution is 5.32. The molecule has 0 unspecified atom stereocenters. The van der Waals surface area contributed by atoms with Crippen LogP contribution in [0, 0.1) is 5.82 Å². The first-order valence-electron chi connectivity index (χ1n) is 4.48. The fourth-order valence-electron chi connectivity index (χ4n) is 1.31. The van der Waals surface area contributed by atoms with Crippen molar-refractivity contribution < 1.29 is 9.13 Å². The Kier molecular flexibility index (Phi) is 3.85. The van der Waals surface area contributed by atoms with Crippen LogP contribution in [0.4, 0.5) is 4.39 Å². The maximum absolute atomic E-state index is 13.6. The van der Waals surface area contributed by atoms with Crippen LogP contribution >= 0.6 is 0 Å². The summed E-state index contributed by atoms with van der Waals surface area (Å²) in [7, 11) is 1.43. The average molecular weight is 198 g/mol. The van der Waals surface area contributed by atoms with Crippen molar-refractivity contribution in [3.63, 3.8) is 0 Å². The van der Waals surface area contributed by atoms with E-state index in [2.05, 4.69) is 0 Å². The molecule has 0 spiro atoms. The van der Waals surface area contributed by atoms with Crippen molar-refractivity contribution in [1.82, 2.24) is 0 Å². The van der Waals surface area contributed by atoms with Gasteiger partial charge in [-0.3, -0.25) is 0 Å². The standard InChI is InChI=1S/C10H15FN2O/c1-14-9-4-2-3-7(10(9)11)8(13)5-6-12/h2-4,8H,5-6,12-13H2,1H3/t8-/m1/s1. The minimum absolute atomic E-state index is 0.218. The lowest BCUT2D eigenvalue weighted by Gasteiger charge is -2.13. The van der Waals surface area contributed by atoms with Gasteiger partial charge in [0, 0.05) is 11.6 Å². The first kappa shape index (κ1) is 10.9. The molecule has 78 valence electrons. The monoisotopic (exact) mass is 198 g/mol. The Hall–Kier alpha value is -1.13. The molecular weight excluding hydrogens is 183 g/mol. The second-order valence-corrected chi connectivity index (χ2v) is 3.05. The van der Waals surface area contributed by atoms with E-state index in [1.165, 1.54) is 7.11 Å². The quantitative estimate of drug-likeness (QED) is 0.763. The second-order valence-electron chi connectivity index (χ2n) is 3.05. The van der Waals surface area contributed by atoms with Crippen molar-refractivity contribution in [2.75, 3.05) is 13.7 Å². The van der Waals surface area contributed by atoms with Crippen LogP contribution in [0.3, 0.4) is 0 Å². The molecule has 0 aromatic heterocycles. The van der Waals surface area contributed by atoms with Gasteiger partial charge in [-0.15, -0.1) is 0 Å². The smallest absolute Gasteiger partial charge is 0.169 e. The Morgan fingerprint density at radius 1 is 1.50 bits per heavy atom. The van der Waals surface area contributed by atoms with E-state index in [0.29, 0.717) is 18.5 Å². The number of rotatable bonds is 4. The van der Waals surface area contributed by atoms with E-state index in [1.807, 2.05) is 0 Å². The summed E-state index contributed by atoms with van der Waals surface area (Å²) in [5.74, 6) is -0.175. The molecule has 0 aliphatic carbocycles. The summed E-state index contributed by atoms with van der Waals surface area (Å²) in [6.07, 6.45) is 0.560. The lowest BCUT2D eigenvalue weighted by molar-refractivity contribution is 0.382. The number of halogens is 1. The molecule has 1 aromatic rings. The third-order valence-corrected chi connectivity index (χ3v) is 2.09. The molecule has 1 rings (SSSR count). The average Bonchev–Trinajstić information content (AvgIpc) is 2.18. The number of ether oxygens (including phenoxy) is 1. The molecule has 0 fully saturated rings. The van der Waals surface area contributed by atoms with Gasteiger partial charge in [0.25, 0.3) is 0 Å². The van der Waals surface area contributed by atoms with E-state index in [4.69, 9.17) is 16.2 Å². The SMILES string of the molecule is COc1cccc([C@H](N)CCN)c1F. The zero-order valence-electron chi connectivity index (χ0n) is 8.16. The summed E-state index contributed by atoms with van der Waals surface area (Å²) in [6, 6.07) is 4.56. The maximum Gasteiger partial charge on any atom is 0.169 e.